The molecule has 0 amide bonds. The third-order valence-corrected chi connectivity index (χ3v) is 1.98. The first-order valence-corrected chi connectivity index (χ1v) is 4.86. The predicted molar refractivity (Wildman–Crippen MR) is 51.9 cm³/mol. The molecule has 0 aliphatic carbocycles. The van der Waals surface area contributed by atoms with Gasteiger partial charge >= 0.3 is 0 Å². The highest BCUT2D eigenvalue weighted by molar-refractivity contribution is 4.73. The van der Waals surface area contributed by atoms with E-state index in [2.05, 4.69) is 17.9 Å². The summed E-state index contributed by atoms with van der Waals surface area (Å²) < 4.78 is 0. The van der Waals surface area contributed by atoms with Crippen LogP contribution in [0.5, 0.6) is 0 Å². The van der Waals surface area contributed by atoms with Crippen molar-refractivity contribution in [1.29, 1.82) is 5.26 Å². The van der Waals surface area contributed by atoms with Crippen molar-refractivity contribution in [1.82, 2.24) is 4.90 Å². The summed E-state index contributed by atoms with van der Waals surface area (Å²) in [6.45, 7) is 3.85. The third-order valence-electron chi connectivity index (χ3n) is 1.98. The molecule has 0 saturated carbocycles. The van der Waals surface area contributed by atoms with Gasteiger partial charge in [-0.2, -0.15) is 5.26 Å². The van der Waals surface area contributed by atoms with Gasteiger partial charge in [0, 0.05) is 0 Å². The number of rotatable bonds is 7. The van der Waals surface area contributed by atoms with Crippen LogP contribution in [0.2, 0.25) is 0 Å². The molecule has 0 fully saturated rings. The van der Waals surface area contributed by atoms with Crippen LogP contribution in [0.15, 0.2) is 0 Å². The van der Waals surface area contributed by atoms with E-state index in [0.717, 1.165) is 6.54 Å². The Morgan fingerprint density at radius 3 is 2.42 bits per heavy atom. The van der Waals surface area contributed by atoms with E-state index in [1.54, 1.807) is 0 Å². The van der Waals surface area contributed by atoms with E-state index in [9.17, 15) is 0 Å². The Labute approximate surface area is 76.2 Å². The van der Waals surface area contributed by atoms with Gasteiger partial charge in [-0.25, -0.2) is 0 Å². The van der Waals surface area contributed by atoms with Crippen molar-refractivity contribution in [3.05, 3.63) is 0 Å². The van der Waals surface area contributed by atoms with Gasteiger partial charge in [0.25, 0.3) is 0 Å². The fraction of sp³-hybridized carbons (Fsp3) is 0.900. The van der Waals surface area contributed by atoms with E-state index < -0.39 is 0 Å². The van der Waals surface area contributed by atoms with Crippen molar-refractivity contribution in [2.75, 3.05) is 20.1 Å². The monoisotopic (exact) mass is 168 g/mol. The van der Waals surface area contributed by atoms with E-state index >= 15 is 0 Å². The number of nitriles is 1. The molecule has 0 aromatic rings. The lowest BCUT2D eigenvalue weighted by Crippen LogP contribution is -2.19. The zero-order valence-electron chi connectivity index (χ0n) is 8.34. The summed E-state index contributed by atoms with van der Waals surface area (Å²) in [6, 6.07) is 2.15. The number of nitrogens with zero attached hydrogens (tertiary/aromatic N) is 2. The molecule has 0 aromatic carbocycles. The molecule has 0 N–H and O–H groups in total. The molecule has 0 radical (unpaired) electrons. The molecule has 0 aromatic heterocycles. The van der Waals surface area contributed by atoms with Gasteiger partial charge in [-0.05, 0) is 20.0 Å². The first kappa shape index (κ1) is 11.4. The SMILES string of the molecule is CCCCCCCN(C)CC#N. The van der Waals surface area contributed by atoms with Crippen molar-refractivity contribution >= 4 is 0 Å². The van der Waals surface area contributed by atoms with Crippen molar-refractivity contribution in [3.8, 4) is 6.07 Å². The van der Waals surface area contributed by atoms with Gasteiger partial charge < -0.3 is 0 Å². The van der Waals surface area contributed by atoms with E-state index in [1.165, 1.54) is 32.1 Å². The smallest absolute Gasteiger partial charge is 0.0863 e. The molecule has 2 nitrogen and oxygen atoms in total. The fourth-order valence-electron chi connectivity index (χ4n) is 1.19. The number of hydrogen-bond donors (Lipinski definition) is 0. The molecule has 0 spiro atoms. The minimum Gasteiger partial charge on any atom is -0.294 e. The highest BCUT2D eigenvalue weighted by atomic mass is 15.1. The summed E-state index contributed by atoms with van der Waals surface area (Å²) in [5, 5.41) is 8.39. The van der Waals surface area contributed by atoms with Gasteiger partial charge in [0.1, 0.15) is 0 Å². The topological polar surface area (TPSA) is 27.0 Å². The molecular weight excluding hydrogens is 148 g/mol. The summed E-state index contributed by atoms with van der Waals surface area (Å²) >= 11 is 0. The van der Waals surface area contributed by atoms with E-state index in [1.807, 2.05) is 7.05 Å². The quantitative estimate of drug-likeness (QED) is 0.431. The third kappa shape index (κ3) is 7.56. The molecule has 12 heavy (non-hydrogen) atoms. The average Bonchev–Trinajstić information content (AvgIpc) is 2.05. The second kappa shape index (κ2) is 8.55. The molecule has 0 atom stereocenters. The second-order valence-electron chi connectivity index (χ2n) is 3.31. The molecule has 0 aliphatic heterocycles. The van der Waals surface area contributed by atoms with Crippen LogP contribution < -0.4 is 0 Å². The highest BCUT2D eigenvalue weighted by Gasteiger charge is 1.95. The maximum Gasteiger partial charge on any atom is 0.0863 e. The normalized spacial score (nSPS) is 10.2. The van der Waals surface area contributed by atoms with Crippen LogP contribution in [0, 0.1) is 11.3 Å². The average molecular weight is 168 g/mol. The van der Waals surface area contributed by atoms with Gasteiger partial charge in [-0.1, -0.05) is 32.6 Å². The minimum atomic E-state index is 0.563. The maximum atomic E-state index is 8.39. The fourth-order valence-corrected chi connectivity index (χ4v) is 1.19. The molecule has 0 rings (SSSR count). The van der Waals surface area contributed by atoms with Crippen LogP contribution in [0.25, 0.3) is 0 Å². The van der Waals surface area contributed by atoms with Crippen LogP contribution >= 0.6 is 0 Å². The molecule has 0 unspecified atom stereocenters. The Bertz CT molecular complexity index is 126. The molecule has 0 heterocycles. The number of hydrogen-bond acceptors (Lipinski definition) is 2. The maximum absolute atomic E-state index is 8.39. The molecular formula is C10H20N2. The molecule has 2 heteroatoms. The van der Waals surface area contributed by atoms with Crippen molar-refractivity contribution in [3.63, 3.8) is 0 Å². The van der Waals surface area contributed by atoms with Crippen LogP contribution in [-0.2, 0) is 0 Å². The highest BCUT2D eigenvalue weighted by Crippen LogP contribution is 2.02. The molecule has 0 aliphatic rings. The van der Waals surface area contributed by atoms with Gasteiger partial charge in [-0.3, -0.25) is 4.90 Å². The zero-order chi connectivity index (χ0) is 9.23. The lowest BCUT2D eigenvalue weighted by atomic mass is 10.1. The van der Waals surface area contributed by atoms with Gasteiger partial charge in [0.15, 0.2) is 0 Å². The first-order chi connectivity index (χ1) is 5.81. The summed E-state index contributed by atoms with van der Waals surface area (Å²) in [5.74, 6) is 0. The van der Waals surface area contributed by atoms with Crippen LogP contribution in [0.1, 0.15) is 39.0 Å². The van der Waals surface area contributed by atoms with E-state index in [-0.39, 0.29) is 0 Å². The lowest BCUT2D eigenvalue weighted by Gasteiger charge is -2.11. The Balaban J connectivity index is 3.04. The standard InChI is InChI=1S/C10H20N2/c1-3-4-5-6-7-9-12(2)10-8-11/h3-7,9-10H2,1-2H3. The summed E-state index contributed by atoms with van der Waals surface area (Å²) in [6.07, 6.45) is 6.54. The summed E-state index contributed by atoms with van der Waals surface area (Å²) in [4.78, 5) is 2.08. The van der Waals surface area contributed by atoms with Crippen LogP contribution in [0.3, 0.4) is 0 Å². The zero-order valence-corrected chi connectivity index (χ0v) is 8.34. The molecule has 0 bridgehead atoms. The Morgan fingerprint density at radius 2 is 1.83 bits per heavy atom. The largest absolute Gasteiger partial charge is 0.294 e. The minimum absolute atomic E-state index is 0.563. The van der Waals surface area contributed by atoms with E-state index in [4.69, 9.17) is 5.26 Å². The molecule has 0 saturated heterocycles. The van der Waals surface area contributed by atoms with Crippen molar-refractivity contribution in [2.24, 2.45) is 0 Å². The summed E-state index contributed by atoms with van der Waals surface area (Å²) in [7, 11) is 2.00. The second-order valence-corrected chi connectivity index (χ2v) is 3.31. The number of unbranched alkanes of at least 4 members (excludes halogenated alkanes) is 4. The van der Waals surface area contributed by atoms with Crippen LogP contribution in [0.4, 0.5) is 0 Å². The van der Waals surface area contributed by atoms with E-state index in [0.29, 0.717) is 6.54 Å². The summed E-state index contributed by atoms with van der Waals surface area (Å²) in [5.41, 5.74) is 0. The van der Waals surface area contributed by atoms with Crippen molar-refractivity contribution in [2.45, 2.75) is 39.0 Å². The Kier molecular flexibility index (Phi) is 8.15. The van der Waals surface area contributed by atoms with Gasteiger partial charge in [-0.15, -0.1) is 0 Å². The van der Waals surface area contributed by atoms with Gasteiger partial charge in [0.2, 0.25) is 0 Å². The van der Waals surface area contributed by atoms with Gasteiger partial charge in [0.05, 0.1) is 12.6 Å². The first-order valence-electron chi connectivity index (χ1n) is 4.86. The van der Waals surface area contributed by atoms with Crippen LogP contribution in [-0.4, -0.2) is 25.0 Å². The lowest BCUT2D eigenvalue weighted by molar-refractivity contribution is 0.360. The predicted octanol–water partition coefficient (Wildman–Crippen LogP) is 2.41. The van der Waals surface area contributed by atoms with Crippen molar-refractivity contribution < 1.29 is 0 Å². The molecule has 70 valence electrons. The Hall–Kier alpha value is -0.550. The Morgan fingerprint density at radius 1 is 1.17 bits per heavy atom.